The molecule has 0 aliphatic heterocycles. The average molecular weight is 435 g/mol. The molecule has 0 aliphatic rings. The summed E-state index contributed by atoms with van der Waals surface area (Å²) in [5.41, 5.74) is 6.02. The summed E-state index contributed by atoms with van der Waals surface area (Å²) in [6, 6.07) is 17.3. The topological polar surface area (TPSA) is 98.8 Å². The summed E-state index contributed by atoms with van der Waals surface area (Å²) < 4.78 is 16.7. The van der Waals surface area contributed by atoms with E-state index in [9.17, 15) is 9.59 Å². The molecule has 1 heterocycles. The van der Waals surface area contributed by atoms with E-state index in [-0.39, 0.29) is 0 Å². The van der Waals surface area contributed by atoms with Gasteiger partial charge in [0.1, 0.15) is 23.9 Å². The number of carbonyl (C=O) groups is 2. The van der Waals surface area contributed by atoms with Crippen molar-refractivity contribution in [1.82, 2.24) is 15.8 Å². The Labute approximate surface area is 186 Å². The van der Waals surface area contributed by atoms with Gasteiger partial charge < -0.3 is 14.2 Å². The van der Waals surface area contributed by atoms with Crippen LogP contribution in [0, 0.1) is 0 Å². The third-order valence-electron chi connectivity index (χ3n) is 4.34. The number of hydrogen-bond donors (Lipinski definition) is 2. The summed E-state index contributed by atoms with van der Waals surface area (Å²) in [7, 11) is 0. The Morgan fingerprint density at radius 1 is 0.938 bits per heavy atom. The second-order valence-corrected chi connectivity index (χ2v) is 6.79. The van der Waals surface area contributed by atoms with E-state index in [1.165, 1.54) is 0 Å². The van der Waals surface area contributed by atoms with Gasteiger partial charge in [-0.15, -0.1) is 0 Å². The zero-order chi connectivity index (χ0) is 22.8. The van der Waals surface area contributed by atoms with Crippen LogP contribution in [-0.2, 0) is 11.4 Å². The summed E-state index contributed by atoms with van der Waals surface area (Å²) in [5.74, 6) is 0.798. The van der Waals surface area contributed by atoms with Crippen molar-refractivity contribution >= 4 is 11.8 Å². The lowest BCUT2D eigenvalue weighted by Gasteiger charge is -2.15. The first-order valence-corrected chi connectivity index (χ1v) is 10.2. The van der Waals surface area contributed by atoms with Crippen molar-refractivity contribution in [2.75, 3.05) is 6.61 Å². The number of amides is 2. The van der Waals surface area contributed by atoms with Gasteiger partial charge in [-0.3, -0.25) is 25.4 Å². The standard InChI is InChI=1S/C24H25N3O5/c1-3-30-20-9-11-21(12-10-20)32-17(2)23(28)26-27-24(29)19-7-4-8-22(14-19)31-16-18-6-5-13-25-15-18/h4-15,17H,3,16H2,1-2H3,(H,26,28)(H,27,29). The molecule has 8 nitrogen and oxygen atoms in total. The number of hydrazine groups is 1. The van der Waals surface area contributed by atoms with Gasteiger partial charge in [-0.1, -0.05) is 12.1 Å². The summed E-state index contributed by atoms with van der Waals surface area (Å²) in [6.45, 7) is 4.38. The molecule has 166 valence electrons. The lowest BCUT2D eigenvalue weighted by atomic mass is 10.2. The highest BCUT2D eigenvalue weighted by molar-refractivity contribution is 5.96. The van der Waals surface area contributed by atoms with Gasteiger partial charge in [-0.25, -0.2) is 0 Å². The molecular formula is C24H25N3O5. The molecule has 3 rings (SSSR count). The van der Waals surface area contributed by atoms with Crippen molar-refractivity contribution in [2.24, 2.45) is 0 Å². The molecule has 2 aromatic carbocycles. The number of hydrogen-bond acceptors (Lipinski definition) is 6. The minimum absolute atomic E-state index is 0.329. The predicted molar refractivity (Wildman–Crippen MR) is 118 cm³/mol. The lowest BCUT2D eigenvalue weighted by Crippen LogP contribution is -2.47. The summed E-state index contributed by atoms with van der Waals surface area (Å²) in [4.78, 5) is 28.7. The van der Waals surface area contributed by atoms with Gasteiger partial charge in [0, 0.05) is 23.5 Å². The van der Waals surface area contributed by atoms with Crippen LogP contribution in [0.5, 0.6) is 17.2 Å². The Balaban J connectivity index is 1.48. The fraction of sp³-hybridized carbons (Fsp3) is 0.208. The van der Waals surface area contributed by atoms with Crippen LogP contribution in [0.25, 0.3) is 0 Å². The van der Waals surface area contributed by atoms with E-state index in [4.69, 9.17) is 14.2 Å². The molecule has 0 spiro atoms. The van der Waals surface area contributed by atoms with Crippen LogP contribution in [0.15, 0.2) is 73.1 Å². The second-order valence-electron chi connectivity index (χ2n) is 6.79. The Kier molecular flexibility index (Phi) is 8.02. The Bertz CT molecular complexity index is 1030. The largest absolute Gasteiger partial charge is 0.494 e. The van der Waals surface area contributed by atoms with E-state index in [1.807, 2.05) is 19.1 Å². The lowest BCUT2D eigenvalue weighted by molar-refractivity contribution is -0.128. The molecule has 0 bridgehead atoms. The minimum atomic E-state index is -0.817. The van der Waals surface area contributed by atoms with Gasteiger partial charge in [0.2, 0.25) is 0 Å². The molecule has 32 heavy (non-hydrogen) atoms. The van der Waals surface area contributed by atoms with Crippen LogP contribution in [0.3, 0.4) is 0 Å². The second kappa shape index (κ2) is 11.4. The highest BCUT2D eigenvalue weighted by atomic mass is 16.5. The molecule has 1 unspecified atom stereocenters. The third kappa shape index (κ3) is 6.73. The van der Waals surface area contributed by atoms with E-state index < -0.39 is 17.9 Å². The number of pyridine rings is 1. The van der Waals surface area contributed by atoms with Crippen molar-refractivity contribution in [3.8, 4) is 17.2 Å². The molecule has 3 aromatic rings. The van der Waals surface area contributed by atoms with Crippen LogP contribution in [0.1, 0.15) is 29.8 Å². The molecule has 1 aromatic heterocycles. The number of nitrogens with one attached hydrogen (secondary N) is 2. The number of aromatic nitrogens is 1. The van der Waals surface area contributed by atoms with Gasteiger partial charge in [-0.2, -0.15) is 0 Å². The molecule has 0 radical (unpaired) electrons. The smallest absolute Gasteiger partial charge is 0.279 e. The zero-order valence-electron chi connectivity index (χ0n) is 17.9. The Morgan fingerprint density at radius 2 is 1.72 bits per heavy atom. The highest BCUT2D eigenvalue weighted by Crippen LogP contribution is 2.19. The van der Waals surface area contributed by atoms with Crippen molar-refractivity contribution in [2.45, 2.75) is 26.6 Å². The molecule has 0 aliphatic carbocycles. The number of rotatable bonds is 9. The maximum atomic E-state index is 12.4. The van der Waals surface area contributed by atoms with Crippen molar-refractivity contribution in [3.63, 3.8) is 0 Å². The number of nitrogens with zero attached hydrogens (tertiary/aromatic N) is 1. The Morgan fingerprint density at radius 3 is 2.44 bits per heavy atom. The number of ether oxygens (including phenoxy) is 3. The number of carbonyl (C=O) groups excluding carboxylic acids is 2. The number of benzene rings is 2. The van der Waals surface area contributed by atoms with E-state index in [0.717, 1.165) is 11.3 Å². The van der Waals surface area contributed by atoms with Crippen LogP contribution < -0.4 is 25.1 Å². The average Bonchev–Trinajstić information content (AvgIpc) is 2.83. The van der Waals surface area contributed by atoms with Gasteiger partial charge in [0.25, 0.3) is 11.8 Å². The summed E-state index contributed by atoms with van der Waals surface area (Å²) in [6.07, 6.45) is 2.58. The monoisotopic (exact) mass is 435 g/mol. The third-order valence-corrected chi connectivity index (χ3v) is 4.34. The van der Waals surface area contributed by atoms with Gasteiger partial charge in [0.15, 0.2) is 6.10 Å². The molecule has 2 amide bonds. The fourth-order valence-electron chi connectivity index (χ4n) is 2.71. The molecule has 1 atom stereocenters. The zero-order valence-corrected chi connectivity index (χ0v) is 17.9. The SMILES string of the molecule is CCOc1ccc(OC(C)C(=O)NNC(=O)c2cccc(OCc3cccnc3)c2)cc1. The van der Waals surface area contributed by atoms with Crippen LogP contribution >= 0.6 is 0 Å². The molecule has 0 fully saturated rings. The molecule has 0 saturated heterocycles. The van der Waals surface area contributed by atoms with Crippen LogP contribution in [0.2, 0.25) is 0 Å². The van der Waals surface area contributed by atoms with Gasteiger partial charge in [-0.05, 0) is 62.4 Å². The van der Waals surface area contributed by atoms with Gasteiger partial charge in [0.05, 0.1) is 6.61 Å². The van der Waals surface area contributed by atoms with Crippen molar-refractivity contribution < 1.29 is 23.8 Å². The quantitative estimate of drug-likeness (QED) is 0.501. The van der Waals surface area contributed by atoms with E-state index in [0.29, 0.717) is 30.3 Å². The first-order valence-electron chi connectivity index (χ1n) is 10.2. The normalized spacial score (nSPS) is 11.2. The maximum Gasteiger partial charge on any atom is 0.279 e. The first-order chi connectivity index (χ1) is 15.5. The first kappa shape index (κ1) is 22.6. The molecule has 2 N–H and O–H groups in total. The van der Waals surface area contributed by atoms with Crippen molar-refractivity contribution in [1.29, 1.82) is 0 Å². The van der Waals surface area contributed by atoms with E-state index in [1.54, 1.807) is 67.8 Å². The summed E-state index contributed by atoms with van der Waals surface area (Å²) in [5, 5.41) is 0. The van der Waals surface area contributed by atoms with Crippen molar-refractivity contribution in [3.05, 3.63) is 84.2 Å². The molecule has 0 saturated carbocycles. The summed E-state index contributed by atoms with van der Waals surface area (Å²) >= 11 is 0. The fourth-order valence-corrected chi connectivity index (χ4v) is 2.71. The maximum absolute atomic E-state index is 12.4. The highest BCUT2D eigenvalue weighted by Gasteiger charge is 2.16. The predicted octanol–water partition coefficient (Wildman–Crippen LogP) is 3.29. The minimum Gasteiger partial charge on any atom is -0.494 e. The molecule has 8 heteroatoms. The van der Waals surface area contributed by atoms with Gasteiger partial charge >= 0.3 is 0 Å². The molecular weight excluding hydrogens is 410 g/mol. The van der Waals surface area contributed by atoms with E-state index in [2.05, 4.69) is 15.8 Å². The van der Waals surface area contributed by atoms with Crippen LogP contribution in [-0.4, -0.2) is 29.5 Å². The Hall–Kier alpha value is -4.07. The van der Waals surface area contributed by atoms with E-state index >= 15 is 0 Å². The van der Waals surface area contributed by atoms with Crippen LogP contribution in [0.4, 0.5) is 0 Å².